The summed E-state index contributed by atoms with van der Waals surface area (Å²) in [6, 6.07) is -0.544. The molecule has 0 aliphatic carbocycles. The summed E-state index contributed by atoms with van der Waals surface area (Å²) in [6.07, 6.45) is 0. The van der Waals surface area contributed by atoms with Crippen LogP contribution >= 0.6 is 15.9 Å². The fourth-order valence-corrected chi connectivity index (χ4v) is 2.06. The van der Waals surface area contributed by atoms with E-state index in [0.717, 1.165) is 15.9 Å². The Morgan fingerprint density at radius 3 is 2.44 bits per heavy atom. The Hall–Kier alpha value is -0.880. The van der Waals surface area contributed by atoms with Crippen LogP contribution in [-0.4, -0.2) is 28.8 Å². The average Bonchev–Trinajstić information content (AvgIpc) is 2.46. The zero-order chi connectivity index (χ0) is 12.5. The first-order valence-electron chi connectivity index (χ1n) is 5.08. The Kier molecular flexibility index (Phi) is 4.09. The van der Waals surface area contributed by atoms with Gasteiger partial charge in [0.1, 0.15) is 6.04 Å². The molecule has 0 bridgehead atoms. The molecule has 0 aromatic carbocycles. The average molecular weight is 289 g/mol. The number of carbonyl (C=O) groups is 1. The van der Waals surface area contributed by atoms with Crippen molar-refractivity contribution in [2.24, 2.45) is 5.73 Å². The van der Waals surface area contributed by atoms with Crippen LogP contribution in [0.2, 0.25) is 0 Å². The van der Waals surface area contributed by atoms with E-state index in [-0.39, 0.29) is 11.9 Å². The molecule has 2 unspecified atom stereocenters. The third-order valence-electron chi connectivity index (χ3n) is 2.72. The van der Waals surface area contributed by atoms with Gasteiger partial charge in [-0.3, -0.25) is 9.48 Å². The summed E-state index contributed by atoms with van der Waals surface area (Å²) in [5.41, 5.74) is 7.22. The normalized spacial score (nSPS) is 14.8. The number of hydrogen-bond acceptors (Lipinski definition) is 3. The summed E-state index contributed by atoms with van der Waals surface area (Å²) in [4.78, 5) is 11.3. The zero-order valence-electron chi connectivity index (χ0n) is 9.91. The van der Waals surface area contributed by atoms with Crippen molar-refractivity contribution in [1.29, 1.82) is 0 Å². The van der Waals surface area contributed by atoms with Gasteiger partial charge in [-0.05, 0) is 43.7 Å². The summed E-state index contributed by atoms with van der Waals surface area (Å²) in [5, 5.41) is 7.29. The molecule has 0 spiro atoms. The topological polar surface area (TPSA) is 72.9 Å². The number of hydrogen-bond donors (Lipinski definition) is 2. The predicted octanol–water partition coefficient (Wildman–Crippen LogP) is 0.897. The maximum Gasteiger partial charge on any atom is 0.236 e. The number of nitrogens with one attached hydrogen (secondary N) is 1. The Morgan fingerprint density at radius 2 is 2.12 bits per heavy atom. The van der Waals surface area contributed by atoms with E-state index in [1.165, 1.54) is 0 Å². The van der Waals surface area contributed by atoms with E-state index >= 15 is 0 Å². The Labute approximate surface area is 104 Å². The first-order chi connectivity index (χ1) is 7.40. The second kappa shape index (κ2) is 4.97. The fraction of sp³-hybridized carbons (Fsp3) is 0.600. The van der Waals surface area contributed by atoms with Crippen molar-refractivity contribution in [3.63, 3.8) is 0 Å². The molecule has 5 nitrogen and oxygen atoms in total. The molecule has 2 atom stereocenters. The second-order valence-corrected chi connectivity index (χ2v) is 4.63. The van der Waals surface area contributed by atoms with E-state index in [1.807, 2.05) is 25.5 Å². The van der Waals surface area contributed by atoms with Crippen molar-refractivity contribution in [3.8, 4) is 0 Å². The summed E-state index contributed by atoms with van der Waals surface area (Å²) < 4.78 is 2.78. The van der Waals surface area contributed by atoms with E-state index in [2.05, 4.69) is 26.3 Å². The van der Waals surface area contributed by atoms with Crippen molar-refractivity contribution in [2.45, 2.75) is 32.9 Å². The molecule has 1 aromatic heterocycles. The highest BCUT2D eigenvalue weighted by Crippen LogP contribution is 2.23. The van der Waals surface area contributed by atoms with Crippen LogP contribution in [0.15, 0.2) is 4.47 Å². The van der Waals surface area contributed by atoms with Crippen molar-refractivity contribution >= 4 is 21.8 Å². The molecular formula is C10H17BrN4O. The van der Waals surface area contributed by atoms with E-state index < -0.39 is 6.04 Å². The summed E-state index contributed by atoms with van der Waals surface area (Å²) in [6.45, 7) is 5.78. The summed E-state index contributed by atoms with van der Waals surface area (Å²) in [5.74, 6) is -0.376. The Balaban J connectivity index is 3.08. The van der Waals surface area contributed by atoms with Crippen molar-refractivity contribution in [2.75, 3.05) is 7.05 Å². The number of nitrogens with two attached hydrogens (primary N) is 1. The minimum Gasteiger partial charge on any atom is -0.368 e. The SMILES string of the molecule is CNC(C(N)=O)C(C)n1nc(C)c(Br)c1C. The largest absolute Gasteiger partial charge is 0.368 e. The zero-order valence-corrected chi connectivity index (χ0v) is 11.5. The Bertz CT molecular complexity index is 402. The number of likely N-dealkylation sites (N-methyl/N-ethyl adjacent to an activating group) is 1. The third kappa shape index (κ3) is 2.27. The predicted molar refractivity (Wildman–Crippen MR) is 66.2 cm³/mol. The van der Waals surface area contributed by atoms with E-state index in [4.69, 9.17) is 5.73 Å². The molecule has 1 rings (SSSR count). The summed E-state index contributed by atoms with van der Waals surface area (Å²) in [7, 11) is 1.71. The highest BCUT2D eigenvalue weighted by Gasteiger charge is 2.25. The lowest BCUT2D eigenvalue weighted by Crippen LogP contribution is -2.45. The molecule has 3 N–H and O–H groups in total. The quantitative estimate of drug-likeness (QED) is 0.865. The monoisotopic (exact) mass is 288 g/mol. The van der Waals surface area contributed by atoms with E-state index in [0.29, 0.717) is 0 Å². The maximum atomic E-state index is 11.3. The number of nitrogens with zero attached hydrogens (tertiary/aromatic N) is 2. The molecule has 1 amide bonds. The first-order valence-corrected chi connectivity index (χ1v) is 5.87. The molecule has 0 saturated heterocycles. The number of primary amides is 1. The van der Waals surface area contributed by atoms with Crippen molar-refractivity contribution < 1.29 is 4.79 Å². The van der Waals surface area contributed by atoms with Crippen LogP contribution in [0.1, 0.15) is 24.4 Å². The number of rotatable bonds is 4. The van der Waals surface area contributed by atoms with Crippen LogP contribution in [0.4, 0.5) is 0 Å². The fourth-order valence-electron chi connectivity index (χ4n) is 1.80. The van der Waals surface area contributed by atoms with Gasteiger partial charge < -0.3 is 11.1 Å². The lowest BCUT2D eigenvalue weighted by Gasteiger charge is -2.22. The lowest BCUT2D eigenvalue weighted by atomic mass is 10.1. The molecular weight excluding hydrogens is 272 g/mol. The van der Waals surface area contributed by atoms with Gasteiger partial charge in [-0.1, -0.05) is 0 Å². The first kappa shape index (κ1) is 13.2. The van der Waals surface area contributed by atoms with Gasteiger partial charge in [0, 0.05) is 0 Å². The van der Waals surface area contributed by atoms with Gasteiger partial charge in [0.15, 0.2) is 0 Å². The highest BCUT2D eigenvalue weighted by molar-refractivity contribution is 9.10. The van der Waals surface area contributed by atoms with Gasteiger partial charge in [-0.25, -0.2) is 0 Å². The second-order valence-electron chi connectivity index (χ2n) is 3.84. The van der Waals surface area contributed by atoms with Crippen LogP contribution in [0.25, 0.3) is 0 Å². The minimum atomic E-state index is -0.426. The number of aryl methyl sites for hydroxylation is 1. The molecule has 0 aliphatic rings. The maximum absolute atomic E-state index is 11.3. The molecule has 16 heavy (non-hydrogen) atoms. The number of halogens is 1. The van der Waals surface area contributed by atoms with Crippen LogP contribution in [0, 0.1) is 13.8 Å². The van der Waals surface area contributed by atoms with Crippen molar-refractivity contribution in [1.82, 2.24) is 15.1 Å². The molecule has 0 radical (unpaired) electrons. The number of amides is 1. The smallest absolute Gasteiger partial charge is 0.236 e. The van der Waals surface area contributed by atoms with Gasteiger partial charge in [-0.15, -0.1) is 0 Å². The lowest BCUT2D eigenvalue weighted by molar-refractivity contribution is -0.120. The van der Waals surface area contributed by atoms with Gasteiger partial charge in [0.25, 0.3) is 0 Å². The number of carbonyl (C=O) groups excluding carboxylic acids is 1. The molecule has 90 valence electrons. The molecule has 0 fully saturated rings. The molecule has 0 saturated carbocycles. The molecule has 0 aliphatic heterocycles. The third-order valence-corrected chi connectivity index (χ3v) is 3.87. The van der Waals surface area contributed by atoms with Crippen LogP contribution in [0.5, 0.6) is 0 Å². The van der Waals surface area contributed by atoms with Crippen LogP contribution in [0.3, 0.4) is 0 Å². The van der Waals surface area contributed by atoms with E-state index in [9.17, 15) is 4.79 Å². The molecule has 1 aromatic rings. The van der Waals surface area contributed by atoms with Crippen LogP contribution in [-0.2, 0) is 4.79 Å². The van der Waals surface area contributed by atoms with Gasteiger partial charge >= 0.3 is 0 Å². The van der Waals surface area contributed by atoms with E-state index in [1.54, 1.807) is 7.05 Å². The van der Waals surface area contributed by atoms with Crippen molar-refractivity contribution in [3.05, 3.63) is 15.9 Å². The summed E-state index contributed by atoms with van der Waals surface area (Å²) >= 11 is 3.46. The molecule has 1 heterocycles. The Morgan fingerprint density at radius 1 is 1.56 bits per heavy atom. The minimum absolute atomic E-state index is 0.118. The van der Waals surface area contributed by atoms with Crippen LogP contribution < -0.4 is 11.1 Å². The highest BCUT2D eigenvalue weighted by atomic mass is 79.9. The molecule has 6 heteroatoms. The standard InChI is InChI=1S/C10H17BrN4O/c1-5-8(11)6(2)15(14-5)7(3)9(13-4)10(12)16/h7,9,13H,1-4H3,(H2,12,16). The van der Waals surface area contributed by atoms with Gasteiger partial charge in [0.05, 0.1) is 21.9 Å². The van der Waals surface area contributed by atoms with Gasteiger partial charge in [0.2, 0.25) is 5.91 Å². The number of aromatic nitrogens is 2. The van der Waals surface area contributed by atoms with Gasteiger partial charge in [-0.2, -0.15) is 5.10 Å².